The van der Waals surface area contributed by atoms with Gasteiger partial charge in [-0.3, -0.25) is 9.69 Å². The van der Waals surface area contributed by atoms with Crippen molar-refractivity contribution in [3.8, 4) is 0 Å². The fourth-order valence-corrected chi connectivity index (χ4v) is 2.02. The topological polar surface area (TPSA) is 59.2 Å². The average Bonchev–Trinajstić information content (AvgIpc) is 2.29. The molecule has 1 amide bonds. The molecule has 0 aliphatic heterocycles. The lowest BCUT2D eigenvalue weighted by molar-refractivity contribution is -0.119. The quantitative estimate of drug-likeness (QED) is 0.785. The summed E-state index contributed by atoms with van der Waals surface area (Å²) in [6.45, 7) is 3.67. The maximum atomic E-state index is 11.0. The fraction of sp³-hybridized carbons (Fsp3) is 0.500. The number of pyridine rings is 1. The molecule has 6 heteroatoms. The second-order valence-corrected chi connectivity index (χ2v) is 4.86. The van der Waals surface area contributed by atoms with Crippen LogP contribution >= 0.6 is 23.2 Å². The zero-order valence-electron chi connectivity index (χ0n) is 10.3. The van der Waals surface area contributed by atoms with E-state index >= 15 is 0 Å². The molecule has 0 aliphatic rings. The van der Waals surface area contributed by atoms with Crippen LogP contribution in [0.5, 0.6) is 0 Å². The number of carbonyl (C=O) groups is 1. The molecule has 2 N–H and O–H groups in total. The monoisotopic (exact) mass is 289 g/mol. The molecule has 0 saturated carbocycles. The van der Waals surface area contributed by atoms with Crippen molar-refractivity contribution in [2.75, 3.05) is 13.1 Å². The predicted molar refractivity (Wildman–Crippen MR) is 73.6 cm³/mol. The summed E-state index contributed by atoms with van der Waals surface area (Å²) < 4.78 is 0. The Bertz CT molecular complexity index is 412. The lowest BCUT2D eigenvalue weighted by atomic mass is 10.2. The average molecular weight is 290 g/mol. The molecule has 0 unspecified atom stereocenters. The van der Waals surface area contributed by atoms with Gasteiger partial charge in [-0.1, -0.05) is 42.6 Å². The largest absolute Gasteiger partial charge is 0.369 e. The van der Waals surface area contributed by atoms with Crippen LogP contribution in [0.25, 0.3) is 0 Å². The van der Waals surface area contributed by atoms with Crippen molar-refractivity contribution >= 4 is 29.1 Å². The molecule has 0 saturated heterocycles. The van der Waals surface area contributed by atoms with Gasteiger partial charge in [-0.15, -0.1) is 0 Å². The summed E-state index contributed by atoms with van der Waals surface area (Å²) in [7, 11) is 0. The Labute approximate surface area is 117 Å². The Morgan fingerprint density at radius 2 is 2.17 bits per heavy atom. The molecule has 0 spiro atoms. The van der Waals surface area contributed by atoms with Gasteiger partial charge in [0.05, 0.1) is 6.54 Å². The van der Waals surface area contributed by atoms with E-state index in [2.05, 4.69) is 11.9 Å². The number of primary amides is 1. The molecule has 1 heterocycles. The van der Waals surface area contributed by atoms with Gasteiger partial charge in [0.25, 0.3) is 0 Å². The standard InChI is InChI=1S/C12H17Cl2N3O/c1-2-3-6-17(8-11(15)18)7-9-4-5-10(13)16-12(9)14/h4-5H,2-3,6-8H2,1H3,(H2,15,18). The molecule has 0 bridgehead atoms. The van der Waals surface area contributed by atoms with Crippen molar-refractivity contribution in [1.82, 2.24) is 9.88 Å². The molecule has 0 fully saturated rings. The third kappa shape index (κ3) is 5.21. The van der Waals surface area contributed by atoms with E-state index in [9.17, 15) is 4.79 Å². The van der Waals surface area contributed by atoms with Crippen molar-refractivity contribution in [3.05, 3.63) is 28.0 Å². The van der Waals surface area contributed by atoms with Crippen LogP contribution in [0.1, 0.15) is 25.3 Å². The maximum Gasteiger partial charge on any atom is 0.231 e. The molecule has 1 aromatic heterocycles. The first-order chi connectivity index (χ1) is 8.52. The number of halogens is 2. The second kappa shape index (κ2) is 7.56. The van der Waals surface area contributed by atoms with E-state index in [0.29, 0.717) is 16.9 Å². The summed E-state index contributed by atoms with van der Waals surface area (Å²) in [6.07, 6.45) is 2.06. The second-order valence-electron chi connectivity index (χ2n) is 4.11. The van der Waals surface area contributed by atoms with Crippen LogP contribution in [-0.2, 0) is 11.3 Å². The van der Waals surface area contributed by atoms with Crippen molar-refractivity contribution in [3.63, 3.8) is 0 Å². The lowest BCUT2D eigenvalue weighted by Crippen LogP contribution is -2.34. The van der Waals surface area contributed by atoms with Crippen molar-refractivity contribution in [2.24, 2.45) is 5.73 Å². The highest BCUT2D eigenvalue weighted by molar-refractivity contribution is 6.32. The molecule has 0 atom stereocenters. The van der Waals surface area contributed by atoms with Gasteiger partial charge in [-0.2, -0.15) is 0 Å². The zero-order valence-corrected chi connectivity index (χ0v) is 11.8. The summed E-state index contributed by atoms with van der Waals surface area (Å²) in [5.74, 6) is -0.343. The lowest BCUT2D eigenvalue weighted by Gasteiger charge is -2.20. The van der Waals surface area contributed by atoms with E-state index < -0.39 is 0 Å². The number of hydrogen-bond donors (Lipinski definition) is 1. The highest BCUT2D eigenvalue weighted by atomic mass is 35.5. The Balaban J connectivity index is 2.71. The Morgan fingerprint density at radius 3 is 2.72 bits per heavy atom. The molecule has 18 heavy (non-hydrogen) atoms. The minimum absolute atomic E-state index is 0.221. The Hall–Kier alpha value is -0.840. The van der Waals surface area contributed by atoms with Crippen LogP contribution in [0, 0.1) is 0 Å². The number of carbonyl (C=O) groups excluding carboxylic acids is 1. The number of rotatable bonds is 7. The first-order valence-corrected chi connectivity index (χ1v) is 6.60. The molecule has 100 valence electrons. The number of aromatic nitrogens is 1. The van der Waals surface area contributed by atoms with E-state index in [-0.39, 0.29) is 12.5 Å². The predicted octanol–water partition coefficient (Wildman–Crippen LogP) is 2.48. The van der Waals surface area contributed by atoms with Crippen molar-refractivity contribution in [1.29, 1.82) is 0 Å². The molecule has 1 rings (SSSR count). The van der Waals surface area contributed by atoms with E-state index in [1.54, 1.807) is 6.07 Å². The molecule has 1 aromatic rings. The van der Waals surface area contributed by atoms with Gasteiger partial charge >= 0.3 is 0 Å². The van der Waals surface area contributed by atoms with E-state index in [1.165, 1.54) is 0 Å². The molecular formula is C12H17Cl2N3O. The van der Waals surface area contributed by atoms with Gasteiger partial charge in [-0.25, -0.2) is 4.98 Å². The number of nitrogens with zero attached hydrogens (tertiary/aromatic N) is 2. The summed E-state index contributed by atoms with van der Waals surface area (Å²) in [5, 5.41) is 0.729. The number of unbranched alkanes of at least 4 members (excludes halogenated alkanes) is 1. The van der Waals surface area contributed by atoms with Crippen LogP contribution in [0.15, 0.2) is 12.1 Å². The van der Waals surface area contributed by atoms with Crippen molar-refractivity contribution < 1.29 is 4.79 Å². The Kier molecular flexibility index (Phi) is 6.39. The number of nitrogens with two attached hydrogens (primary N) is 1. The van der Waals surface area contributed by atoms with Gasteiger partial charge in [0.15, 0.2) is 0 Å². The van der Waals surface area contributed by atoms with Crippen LogP contribution in [-0.4, -0.2) is 28.9 Å². The summed E-state index contributed by atoms with van der Waals surface area (Å²) in [4.78, 5) is 16.9. The van der Waals surface area contributed by atoms with Gasteiger partial charge in [0, 0.05) is 12.1 Å². The van der Waals surface area contributed by atoms with E-state index in [4.69, 9.17) is 28.9 Å². The third-order valence-electron chi connectivity index (χ3n) is 2.49. The number of amides is 1. The summed E-state index contributed by atoms with van der Waals surface area (Å²) >= 11 is 11.7. The van der Waals surface area contributed by atoms with Crippen LogP contribution in [0.3, 0.4) is 0 Å². The normalized spacial score (nSPS) is 10.9. The zero-order chi connectivity index (χ0) is 13.5. The minimum Gasteiger partial charge on any atom is -0.369 e. The molecule has 0 radical (unpaired) electrons. The van der Waals surface area contributed by atoms with Crippen LogP contribution in [0.2, 0.25) is 10.3 Å². The van der Waals surface area contributed by atoms with Gasteiger partial charge < -0.3 is 5.73 Å². The molecule has 4 nitrogen and oxygen atoms in total. The van der Waals surface area contributed by atoms with Crippen LogP contribution < -0.4 is 5.73 Å². The molecular weight excluding hydrogens is 273 g/mol. The fourth-order valence-electron chi connectivity index (χ4n) is 1.62. The summed E-state index contributed by atoms with van der Waals surface area (Å²) in [6, 6.07) is 3.50. The van der Waals surface area contributed by atoms with Crippen molar-refractivity contribution in [2.45, 2.75) is 26.3 Å². The molecule has 0 aliphatic carbocycles. The van der Waals surface area contributed by atoms with E-state index in [1.807, 2.05) is 11.0 Å². The maximum absolute atomic E-state index is 11.0. The van der Waals surface area contributed by atoms with E-state index in [0.717, 1.165) is 24.9 Å². The SMILES string of the molecule is CCCCN(CC(N)=O)Cc1ccc(Cl)nc1Cl. The van der Waals surface area contributed by atoms with Gasteiger partial charge in [0.1, 0.15) is 10.3 Å². The first-order valence-electron chi connectivity index (χ1n) is 5.84. The smallest absolute Gasteiger partial charge is 0.231 e. The minimum atomic E-state index is -0.343. The van der Waals surface area contributed by atoms with Gasteiger partial charge in [0.2, 0.25) is 5.91 Å². The summed E-state index contributed by atoms with van der Waals surface area (Å²) in [5.41, 5.74) is 6.08. The van der Waals surface area contributed by atoms with Gasteiger partial charge in [-0.05, 0) is 19.0 Å². The Morgan fingerprint density at radius 1 is 1.44 bits per heavy atom. The highest BCUT2D eigenvalue weighted by Gasteiger charge is 2.11. The first kappa shape index (κ1) is 15.2. The third-order valence-corrected chi connectivity index (χ3v) is 3.03. The molecule has 0 aromatic carbocycles. The van der Waals surface area contributed by atoms with Crippen LogP contribution in [0.4, 0.5) is 0 Å². The highest BCUT2D eigenvalue weighted by Crippen LogP contribution is 2.18. The number of hydrogen-bond acceptors (Lipinski definition) is 3.